The molecule has 0 heterocycles. The molecule has 0 aliphatic heterocycles. The van der Waals surface area contributed by atoms with Crippen LogP contribution in [0.25, 0.3) is 0 Å². The fraction of sp³-hybridized carbons (Fsp3) is 0.737. The summed E-state index contributed by atoms with van der Waals surface area (Å²) in [4.78, 5) is 12.3. The van der Waals surface area contributed by atoms with Crippen molar-refractivity contribution in [3.05, 3.63) is 23.8 Å². The van der Waals surface area contributed by atoms with E-state index in [0.717, 1.165) is 31.1 Å². The molecule has 0 spiro atoms. The van der Waals surface area contributed by atoms with Gasteiger partial charge in [-0.2, -0.15) is 0 Å². The number of rotatable bonds is 0. The third kappa shape index (κ3) is 1.47. The van der Waals surface area contributed by atoms with E-state index in [2.05, 4.69) is 32.1 Å². The number of ketones is 1. The van der Waals surface area contributed by atoms with Gasteiger partial charge in [0.15, 0.2) is 0 Å². The number of allylic oxidation sites excluding steroid dienone is 4. The molecule has 0 bridgehead atoms. The number of Topliss-reactive ketones (excluding diaryl/α,β-unsaturated/α-hetero) is 1. The predicted molar refractivity (Wildman–Crippen MR) is 81.2 cm³/mol. The van der Waals surface area contributed by atoms with Gasteiger partial charge < -0.3 is 0 Å². The second kappa shape index (κ2) is 4.08. The zero-order chi connectivity index (χ0) is 14.0. The highest BCUT2D eigenvalue weighted by molar-refractivity contribution is 5.87. The second-order valence-electron chi connectivity index (χ2n) is 7.98. The molecule has 4 aliphatic rings. The highest BCUT2D eigenvalue weighted by atomic mass is 16.1. The first-order valence-corrected chi connectivity index (χ1v) is 8.46. The Morgan fingerprint density at radius 2 is 2.00 bits per heavy atom. The van der Waals surface area contributed by atoms with Crippen LogP contribution in [0.5, 0.6) is 0 Å². The van der Waals surface area contributed by atoms with E-state index < -0.39 is 0 Å². The molecule has 2 saturated carbocycles. The number of carbonyl (C=O) groups is 1. The van der Waals surface area contributed by atoms with Crippen molar-refractivity contribution in [1.82, 2.24) is 0 Å². The van der Waals surface area contributed by atoms with Gasteiger partial charge in [-0.25, -0.2) is 0 Å². The summed E-state index contributed by atoms with van der Waals surface area (Å²) in [5.74, 6) is 2.73. The summed E-state index contributed by atoms with van der Waals surface area (Å²) >= 11 is 0. The van der Waals surface area contributed by atoms with Crippen molar-refractivity contribution >= 4 is 5.78 Å². The van der Waals surface area contributed by atoms with Gasteiger partial charge in [0.05, 0.1) is 0 Å². The van der Waals surface area contributed by atoms with Gasteiger partial charge in [-0.15, -0.1) is 0 Å². The SMILES string of the molecule is C[C@]12C=CCCC1=CC[C@@H]1[C@@H]2CC[C@]2(C)C(=O)CC[C@@H]12. The van der Waals surface area contributed by atoms with Crippen molar-refractivity contribution in [1.29, 1.82) is 0 Å². The summed E-state index contributed by atoms with van der Waals surface area (Å²) < 4.78 is 0. The quantitative estimate of drug-likeness (QED) is 0.584. The van der Waals surface area contributed by atoms with Crippen LogP contribution in [0.3, 0.4) is 0 Å². The minimum atomic E-state index is 0.0151. The Hall–Kier alpha value is -0.850. The molecule has 0 unspecified atom stereocenters. The molecule has 108 valence electrons. The molecule has 0 N–H and O–H groups in total. The van der Waals surface area contributed by atoms with Gasteiger partial charge in [0.2, 0.25) is 0 Å². The molecule has 2 fully saturated rings. The average Bonchev–Trinajstić information content (AvgIpc) is 2.74. The minimum absolute atomic E-state index is 0.0151. The largest absolute Gasteiger partial charge is 0.299 e. The fourth-order valence-electron chi connectivity index (χ4n) is 6.04. The topological polar surface area (TPSA) is 17.1 Å². The van der Waals surface area contributed by atoms with Crippen LogP contribution >= 0.6 is 0 Å². The lowest BCUT2D eigenvalue weighted by Crippen LogP contribution is -2.48. The maximum atomic E-state index is 12.3. The number of hydrogen-bond acceptors (Lipinski definition) is 1. The summed E-state index contributed by atoms with van der Waals surface area (Å²) in [6.07, 6.45) is 15.5. The van der Waals surface area contributed by atoms with Crippen molar-refractivity contribution < 1.29 is 4.79 Å². The van der Waals surface area contributed by atoms with Crippen LogP contribution in [0.4, 0.5) is 0 Å². The molecule has 0 aromatic rings. The van der Waals surface area contributed by atoms with Gasteiger partial charge in [-0.3, -0.25) is 4.79 Å². The monoisotopic (exact) mass is 270 g/mol. The van der Waals surface area contributed by atoms with E-state index in [4.69, 9.17) is 0 Å². The van der Waals surface area contributed by atoms with Gasteiger partial charge in [0.25, 0.3) is 0 Å². The third-order valence-electron chi connectivity index (χ3n) is 7.29. The van der Waals surface area contributed by atoms with Crippen molar-refractivity contribution in [2.24, 2.45) is 28.6 Å². The zero-order valence-electron chi connectivity index (χ0n) is 12.8. The first-order valence-electron chi connectivity index (χ1n) is 8.46. The molecular weight excluding hydrogens is 244 g/mol. The first kappa shape index (κ1) is 12.9. The van der Waals surface area contributed by atoms with E-state index in [1.807, 2.05) is 0 Å². The van der Waals surface area contributed by atoms with Crippen LogP contribution in [0.1, 0.15) is 58.8 Å². The first-order chi connectivity index (χ1) is 9.56. The van der Waals surface area contributed by atoms with Crippen molar-refractivity contribution in [2.75, 3.05) is 0 Å². The van der Waals surface area contributed by atoms with E-state index in [9.17, 15) is 4.79 Å². The van der Waals surface area contributed by atoms with E-state index in [1.54, 1.807) is 5.57 Å². The molecule has 0 amide bonds. The second-order valence-corrected chi connectivity index (χ2v) is 7.98. The van der Waals surface area contributed by atoms with Crippen LogP contribution in [0.2, 0.25) is 0 Å². The van der Waals surface area contributed by atoms with Gasteiger partial charge in [-0.05, 0) is 56.3 Å². The maximum absolute atomic E-state index is 12.3. The fourth-order valence-corrected chi connectivity index (χ4v) is 6.04. The smallest absolute Gasteiger partial charge is 0.139 e. The van der Waals surface area contributed by atoms with Gasteiger partial charge in [0.1, 0.15) is 5.78 Å². The molecule has 0 aromatic carbocycles. The standard InChI is InChI=1S/C19H26O/c1-18-11-4-3-5-13(18)6-7-14-15-8-9-17(20)19(15,2)12-10-16(14)18/h4,6,11,14-16H,3,5,7-10,12H2,1-2H3/t14-,15-,16-,18-,19-/m0/s1. The Morgan fingerprint density at radius 1 is 1.15 bits per heavy atom. The lowest BCUT2D eigenvalue weighted by Gasteiger charge is -2.54. The third-order valence-corrected chi connectivity index (χ3v) is 7.29. The van der Waals surface area contributed by atoms with Gasteiger partial charge in [-0.1, -0.05) is 37.6 Å². The maximum Gasteiger partial charge on any atom is 0.139 e. The molecule has 0 radical (unpaired) electrons. The van der Waals surface area contributed by atoms with Crippen LogP contribution in [0.15, 0.2) is 23.8 Å². The van der Waals surface area contributed by atoms with Crippen molar-refractivity contribution in [3.8, 4) is 0 Å². The van der Waals surface area contributed by atoms with Crippen LogP contribution in [-0.2, 0) is 4.79 Å². The lowest BCUT2D eigenvalue weighted by atomic mass is 9.49. The summed E-state index contributed by atoms with van der Waals surface area (Å²) in [6.45, 7) is 4.73. The summed E-state index contributed by atoms with van der Waals surface area (Å²) in [5, 5.41) is 0. The van der Waals surface area contributed by atoms with Crippen molar-refractivity contribution in [2.45, 2.75) is 58.8 Å². The normalized spacial score (nSPS) is 50.2. The number of hydrogen-bond donors (Lipinski definition) is 0. The van der Waals surface area contributed by atoms with Crippen LogP contribution < -0.4 is 0 Å². The number of carbonyl (C=O) groups excluding carboxylic acids is 1. The van der Waals surface area contributed by atoms with Crippen molar-refractivity contribution in [3.63, 3.8) is 0 Å². The molecule has 20 heavy (non-hydrogen) atoms. The highest BCUT2D eigenvalue weighted by Gasteiger charge is 2.57. The molecule has 1 heteroatoms. The molecule has 4 rings (SSSR count). The Balaban J connectivity index is 1.74. The highest BCUT2D eigenvalue weighted by Crippen LogP contribution is 2.62. The summed E-state index contributed by atoms with van der Waals surface area (Å²) in [6, 6.07) is 0. The Kier molecular flexibility index (Phi) is 2.63. The molecular formula is C19H26O. The molecule has 1 nitrogen and oxygen atoms in total. The minimum Gasteiger partial charge on any atom is -0.299 e. The van der Waals surface area contributed by atoms with E-state index in [-0.39, 0.29) is 5.41 Å². The van der Waals surface area contributed by atoms with Gasteiger partial charge in [0, 0.05) is 17.3 Å². The predicted octanol–water partition coefficient (Wildman–Crippen LogP) is 4.68. The lowest BCUT2D eigenvalue weighted by molar-refractivity contribution is -0.131. The van der Waals surface area contributed by atoms with E-state index >= 15 is 0 Å². The molecule has 5 atom stereocenters. The summed E-state index contributed by atoms with van der Waals surface area (Å²) in [7, 11) is 0. The van der Waals surface area contributed by atoms with Crippen LogP contribution in [-0.4, -0.2) is 5.78 Å². The Labute approximate surface area is 122 Å². The summed E-state index contributed by atoms with van der Waals surface area (Å²) in [5.41, 5.74) is 2.00. The van der Waals surface area contributed by atoms with E-state index in [1.165, 1.54) is 25.7 Å². The molecule has 4 aliphatic carbocycles. The Morgan fingerprint density at radius 3 is 2.85 bits per heavy atom. The van der Waals surface area contributed by atoms with Crippen LogP contribution in [0, 0.1) is 28.6 Å². The van der Waals surface area contributed by atoms with Gasteiger partial charge >= 0.3 is 0 Å². The zero-order valence-corrected chi connectivity index (χ0v) is 12.8. The molecule has 0 saturated heterocycles. The van der Waals surface area contributed by atoms with E-state index in [0.29, 0.717) is 17.1 Å². The Bertz CT molecular complexity index is 514. The number of fused-ring (bicyclic) bond motifs is 5. The molecule has 0 aromatic heterocycles. The average molecular weight is 270 g/mol.